The summed E-state index contributed by atoms with van der Waals surface area (Å²) in [7, 11) is 0. The van der Waals surface area contributed by atoms with Gasteiger partial charge in [-0.05, 0) is 43.0 Å². The third-order valence-electron chi connectivity index (χ3n) is 3.58. The number of hydrogen-bond donors (Lipinski definition) is 3. The molecule has 0 fully saturated rings. The number of aromatic nitrogens is 3. The summed E-state index contributed by atoms with van der Waals surface area (Å²) in [5.74, 6) is 0.569. The lowest BCUT2D eigenvalue weighted by Crippen LogP contribution is -1.99. The minimum absolute atomic E-state index is 0.216. The summed E-state index contributed by atoms with van der Waals surface area (Å²) in [5.41, 5.74) is 9.87. The zero-order valence-corrected chi connectivity index (χ0v) is 11.7. The Labute approximate surface area is 122 Å². The van der Waals surface area contributed by atoms with Gasteiger partial charge in [0.2, 0.25) is 0 Å². The molecule has 3 rings (SSSR count). The molecule has 0 aliphatic rings. The Morgan fingerprint density at radius 3 is 2.81 bits per heavy atom. The van der Waals surface area contributed by atoms with Crippen LogP contribution in [0.5, 0.6) is 0 Å². The van der Waals surface area contributed by atoms with Crippen LogP contribution in [0.4, 0.5) is 5.82 Å². The minimum Gasteiger partial charge on any atom is -0.396 e. The number of anilines is 1. The molecule has 108 valence electrons. The quantitative estimate of drug-likeness (QED) is 0.627. The topological polar surface area (TPSA) is 87.8 Å². The number of aliphatic hydroxyl groups excluding tert-OH is 1. The van der Waals surface area contributed by atoms with Gasteiger partial charge in [-0.1, -0.05) is 12.1 Å². The number of aliphatic hydroxyl groups is 1. The number of hydrogen-bond acceptors (Lipinski definition) is 4. The van der Waals surface area contributed by atoms with Gasteiger partial charge in [-0.2, -0.15) is 5.10 Å². The van der Waals surface area contributed by atoms with Gasteiger partial charge in [-0.15, -0.1) is 0 Å². The van der Waals surface area contributed by atoms with Gasteiger partial charge in [-0.25, -0.2) is 4.98 Å². The molecule has 0 spiro atoms. The summed E-state index contributed by atoms with van der Waals surface area (Å²) in [4.78, 5) is 4.50. The zero-order valence-electron chi connectivity index (χ0n) is 11.7. The van der Waals surface area contributed by atoms with Crippen LogP contribution in [0.3, 0.4) is 0 Å². The predicted molar refractivity (Wildman–Crippen MR) is 83.8 cm³/mol. The van der Waals surface area contributed by atoms with Crippen molar-refractivity contribution < 1.29 is 5.11 Å². The van der Waals surface area contributed by atoms with Crippen LogP contribution in [0.25, 0.3) is 22.2 Å². The molecule has 2 heterocycles. The summed E-state index contributed by atoms with van der Waals surface area (Å²) in [6.07, 6.45) is 4.34. The van der Waals surface area contributed by atoms with Crippen LogP contribution in [0, 0.1) is 0 Å². The number of H-pyrrole nitrogens is 1. The zero-order chi connectivity index (χ0) is 14.7. The maximum Gasteiger partial charge on any atom is 0.127 e. The van der Waals surface area contributed by atoms with E-state index in [2.05, 4.69) is 21.2 Å². The largest absolute Gasteiger partial charge is 0.396 e. The molecule has 0 aliphatic carbocycles. The number of nitrogen functional groups attached to an aromatic ring is 1. The van der Waals surface area contributed by atoms with E-state index in [1.165, 1.54) is 0 Å². The molecule has 5 heteroatoms. The van der Waals surface area contributed by atoms with Gasteiger partial charge in [0, 0.05) is 23.8 Å². The first-order valence-corrected chi connectivity index (χ1v) is 7.08. The lowest BCUT2D eigenvalue weighted by atomic mass is 10.0. The number of unbranched alkanes of at least 4 members (excludes halogenated alkanes) is 1. The standard InChI is InChI=1S/C16H18N4O/c17-16-13(3-1-2-8-21)9-11-4-5-12(10-15(11)19-16)14-6-7-18-20-14/h4-7,9-10,21H,1-3,8H2,(H2,17,19)(H,18,20). The number of aryl methyl sites for hydroxylation is 1. The molecule has 1 aromatic carbocycles. The first-order valence-electron chi connectivity index (χ1n) is 7.08. The highest BCUT2D eigenvalue weighted by molar-refractivity contribution is 5.85. The Balaban J connectivity index is 1.94. The van der Waals surface area contributed by atoms with Crippen LogP contribution in [0.1, 0.15) is 18.4 Å². The molecule has 21 heavy (non-hydrogen) atoms. The minimum atomic E-state index is 0.216. The Morgan fingerprint density at radius 1 is 1.14 bits per heavy atom. The molecule has 0 aliphatic heterocycles. The lowest BCUT2D eigenvalue weighted by molar-refractivity contribution is 0.284. The summed E-state index contributed by atoms with van der Waals surface area (Å²) in [6, 6.07) is 10.1. The fraction of sp³-hybridized carbons (Fsp3) is 0.250. The Morgan fingerprint density at radius 2 is 2.05 bits per heavy atom. The van der Waals surface area contributed by atoms with E-state index in [1.54, 1.807) is 6.20 Å². The maximum absolute atomic E-state index is 8.85. The van der Waals surface area contributed by atoms with Crippen molar-refractivity contribution in [1.29, 1.82) is 0 Å². The third-order valence-corrected chi connectivity index (χ3v) is 3.58. The van der Waals surface area contributed by atoms with Crippen molar-refractivity contribution in [3.05, 3.63) is 42.1 Å². The summed E-state index contributed by atoms with van der Waals surface area (Å²) in [6.45, 7) is 0.216. The van der Waals surface area contributed by atoms with Crippen molar-refractivity contribution in [3.8, 4) is 11.3 Å². The first-order chi connectivity index (χ1) is 10.3. The fourth-order valence-electron chi connectivity index (χ4n) is 2.43. The molecule has 0 amide bonds. The van der Waals surface area contributed by atoms with Gasteiger partial charge in [0.15, 0.2) is 0 Å². The highest BCUT2D eigenvalue weighted by Crippen LogP contribution is 2.25. The summed E-state index contributed by atoms with van der Waals surface area (Å²) < 4.78 is 0. The smallest absolute Gasteiger partial charge is 0.127 e. The van der Waals surface area contributed by atoms with Crippen LogP contribution < -0.4 is 5.73 Å². The van der Waals surface area contributed by atoms with Crippen molar-refractivity contribution in [2.75, 3.05) is 12.3 Å². The van der Waals surface area contributed by atoms with E-state index in [-0.39, 0.29) is 6.61 Å². The summed E-state index contributed by atoms with van der Waals surface area (Å²) in [5, 5.41) is 16.9. The first kappa shape index (κ1) is 13.6. The number of nitrogens with zero attached hydrogens (tertiary/aromatic N) is 2. The van der Waals surface area contributed by atoms with Gasteiger partial charge >= 0.3 is 0 Å². The van der Waals surface area contributed by atoms with Crippen LogP contribution in [0.15, 0.2) is 36.5 Å². The lowest BCUT2D eigenvalue weighted by Gasteiger charge is -2.08. The van der Waals surface area contributed by atoms with Gasteiger partial charge < -0.3 is 10.8 Å². The monoisotopic (exact) mass is 282 g/mol. The second kappa shape index (κ2) is 5.93. The second-order valence-electron chi connectivity index (χ2n) is 5.08. The van der Waals surface area contributed by atoms with Crippen molar-refractivity contribution in [1.82, 2.24) is 15.2 Å². The van der Waals surface area contributed by atoms with Gasteiger partial charge in [0.25, 0.3) is 0 Å². The Hall–Kier alpha value is -2.40. The molecule has 0 bridgehead atoms. The third kappa shape index (κ3) is 2.87. The van der Waals surface area contributed by atoms with Crippen LogP contribution in [-0.4, -0.2) is 26.9 Å². The molecule has 0 unspecified atom stereocenters. The molecular formula is C16H18N4O. The van der Waals surface area contributed by atoms with Crippen molar-refractivity contribution in [3.63, 3.8) is 0 Å². The summed E-state index contributed by atoms with van der Waals surface area (Å²) >= 11 is 0. The molecule has 0 saturated carbocycles. The average molecular weight is 282 g/mol. The van der Waals surface area contributed by atoms with Crippen molar-refractivity contribution in [2.24, 2.45) is 0 Å². The highest BCUT2D eigenvalue weighted by atomic mass is 16.2. The van der Waals surface area contributed by atoms with E-state index in [0.29, 0.717) is 5.82 Å². The fourth-order valence-corrected chi connectivity index (χ4v) is 2.43. The van der Waals surface area contributed by atoms with E-state index < -0.39 is 0 Å². The molecule has 0 atom stereocenters. The predicted octanol–water partition coefficient (Wildman–Crippen LogP) is 2.52. The van der Waals surface area contributed by atoms with E-state index >= 15 is 0 Å². The van der Waals surface area contributed by atoms with E-state index in [4.69, 9.17) is 10.8 Å². The maximum atomic E-state index is 8.85. The number of rotatable bonds is 5. The molecule has 3 aromatic rings. The second-order valence-corrected chi connectivity index (χ2v) is 5.08. The van der Waals surface area contributed by atoms with E-state index in [0.717, 1.165) is 47.0 Å². The van der Waals surface area contributed by atoms with Crippen LogP contribution in [0.2, 0.25) is 0 Å². The van der Waals surface area contributed by atoms with E-state index in [9.17, 15) is 0 Å². The van der Waals surface area contributed by atoms with Crippen LogP contribution in [-0.2, 0) is 6.42 Å². The van der Waals surface area contributed by atoms with Crippen LogP contribution >= 0.6 is 0 Å². The number of fused-ring (bicyclic) bond motifs is 1. The number of pyridine rings is 1. The molecule has 0 saturated heterocycles. The number of nitrogens with two attached hydrogens (primary N) is 1. The Kier molecular flexibility index (Phi) is 3.83. The normalized spacial score (nSPS) is 11.1. The van der Waals surface area contributed by atoms with Crippen molar-refractivity contribution >= 4 is 16.7 Å². The number of nitrogens with one attached hydrogen (secondary N) is 1. The molecule has 0 radical (unpaired) electrons. The van der Waals surface area contributed by atoms with Gasteiger partial charge in [0.05, 0.1) is 11.2 Å². The molecule has 4 N–H and O–H groups in total. The molecule has 2 aromatic heterocycles. The number of aromatic amines is 1. The molecule has 5 nitrogen and oxygen atoms in total. The average Bonchev–Trinajstić information content (AvgIpc) is 3.02. The van der Waals surface area contributed by atoms with E-state index in [1.807, 2.05) is 24.3 Å². The molecular weight excluding hydrogens is 264 g/mol. The van der Waals surface area contributed by atoms with Gasteiger partial charge in [0.1, 0.15) is 5.82 Å². The number of benzene rings is 1. The van der Waals surface area contributed by atoms with Gasteiger partial charge in [-0.3, -0.25) is 5.10 Å². The van der Waals surface area contributed by atoms with Crippen molar-refractivity contribution in [2.45, 2.75) is 19.3 Å². The Bertz CT molecular complexity index is 737. The highest BCUT2D eigenvalue weighted by Gasteiger charge is 2.07. The SMILES string of the molecule is Nc1nc2cc(-c3cc[nH]n3)ccc2cc1CCCCO.